The third kappa shape index (κ3) is 4.14. The lowest BCUT2D eigenvalue weighted by Gasteiger charge is -2.17. The molecule has 0 aliphatic rings. The van der Waals surface area contributed by atoms with Crippen LogP contribution < -0.4 is 10.6 Å². The molecule has 7 nitrogen and oxygen atoms in total. The molecule has 2 amide bonds. The molecule has 0 fully saturated rings. The number of nitrogens with one attached hydrogen (secondary N) is 2. The minimum absolute atomic E-state index is 0.207. The fraction of sp³-hybridized carbons (Fsp3) is 0.333. The zero-order valence-corrected chi connectivity index (χ0v) is 10.8. The Bertz CT molecular complexity index is 476. The molecule has 0 heterocycles. The molecule has 1 aromatic carbocycles. The molecule has 7 heteroatoms. The van der Waals surface area contributed by atoms with Crippen LogP contribution >= 0.6 is 0 Å². The fourth-order valence-electron chi connectivity index (χ4n) is 1.39. The summed E-state index contributed by atoms with van der Waals surface area (Å²) in [5.41, 5.74) is 0.130. The van der Waals surface area contributed by atoms with E-state index in [1.165, 1.54) is 23.1 Å². The molecule has 0 aliphatic heterocycles. The van der Waals surface area contributed by atoms with Gasteiger partial charge in [-0.1, -0.05) is 0 Å². The number of amides is 2. The van der Waals surface area contributed by atoms with E-state index >= 15 is 0 Å². The summed E-state index contributed by atoms with van der Waals surface area (Å²) in [5.74, 6) is -1.61. The quantitative estimate of drug-likeness (QED) is 0.631. The van der Waals surface area contributed by atoms with Crippen molar-refractivity contribution < 1.29 is 19.8 Å². The topological polar surface area (TPSA) is 102 Å². The number of phenols is 1. The number of carboxylic acid groups (broad SMARTS) is 1. The predicted molar refractivity (Wildman–Crippen MR) is 70.6 cm³/mol. The molecule has 1 rings (SSSR count). The Hall–Kier alpha value is -2.28. The van der Waals surface area contributed by atoms with E-state index in [0.717, 1.165) is 0 Å². The summed E-state index contributed by atoms with van der Waals surface area (Å²) >= 11 is 0. The van der Waals surface area contributed by atoms with E-state index in [4.69, 9.17) is 5.11 Å². The zero-order chi connectivity index (χ0) is 14.4. The molecule has 4 N–H and O–H groups in total. The van der Waals surface area contributed by atoms with E-state index in [0.29, 0.717) is 18.8 Å². The maximum Gasteiger partial charge on any atom is 0.339 e. The van der Waals surface area contributed by atoms with Crippen LogP contribution in [0.25, 0.3) is 0 Å². The second-order valence-corrected chi connectivity index (χ2v) is 3.99. The van der Waals surface area contributed by atoms with Crippen molar-refractivity contribution in [2.75, 3.05) is 32.5 Å². The van der Waals surface area contributed by atoms with Crippen LogP contribution in [0.2, 0.25) is 0 Å². The van der Waals surface area contributed by atoms with E-state index in [1.807, 2.05) is 0 Å². The molecular weight excluding hydrogens is 250 g/mol. The molecule has 0 atom stereocenters. The van der Waals surface area contributed by atoms with Crippen molar-refractivity contribution in [1.29, 1.82) is 0 Å². The van der Waals surface area contributed by atoms with E-state index in [1.54, 1.807) is 14.1 Å². The molecule has 19 heavy (non-hydrogen) atoms. The maximum atomic E-state index is 11.7. The van der Waals surface area contributed by atoms with E-state index < -0.39 is 5.97 Å². The van der Waals surface area contributed by atoms with Crippen LogP contribution in [0.15, 0.2) is 18.2 Å². The summed E-state index contributed by atoms with van der Waals surface area (Å²) in [4.78, 5) is 23.9. The lowest BCUT2D eigenvalue weighted by molar-refractivity contribution is 0.0694. The normalized spacial score (nSPS) is 10.0. The van der Waals surface area contributed by atoms with E-state index in [2.05, 4.69) is 10.6 Å². The van der Waals surface area contributed by atoms with Gasteiger partial charge in [-0.3, -0.25) is 0 Å². The molecule has 0 aromatic heterocycles. The lowest BCUT2D eigenvalue weighted by Crippen LogP contribution is -2.35. The standard InChI is InChI=1S/C12H17N3O4/c1-13-5-6-15(2)12(19)14-8-3-4-9(11(17)18)10(16)7-8/h3-4,7,13,16H,5-6H2,1-2H3,(H,14,19)(H,17,18). The number of anilines is 1. The van der Waals surface area contributed by atoms with Crippen LogP contribution in [0.5, 0.6) is 5.75 Å². The molecule has 0 bridgehead atoms. The van der Waals surface area contributed by atoms with Gasteiger partial charge in [0.1, 0.15) is 11.3 Å². The van der Waals surface area contributed by atoms with Crippen LogP contribution in [0.1, 0.15) is 10.4 Å². The molecule has 0 aliphatic carbocycles. The SMILES string of the molecule is CNCCN(C)C(=O)Nc1ccc(C(=O)O)c(O)c1. The molecule has 0 radical (unpaired) electrons. The third-order valence-electron chi connectivity index (χ3n) is 2.52. The predicted octanol–water partition coefficient (Wildman–Crippen LogP) is 0.773. The number of likely N-dealkylation sites (N-methyl/N-ethyl adjacent to an activating group) is 2. The first-order valence-electron chi connectivity index (χ1n) is 5.68. The zero-order valence-electron chi connectivity index (χ0n) is 10.8. The number of rotatable bonds is 5. The van der Waals surface area contributed by atoms with Crippen LogP contribution in [-0.4, -0.2) is 54.3 Å². The number of urea groups is 1. The second kappa shape index (κ2) is 6.60. The van der Waals surface area contributed by atoms with Crippen molar-refractivity contribution in [3.8, 4) is 5.75 Å². The largest absolute Gasteiger partial charge is 0.507 e. The van der Waals surface area contributed by atoms with Crippen molar-refractivity contribution in [3.05, 3.63) is 23.8 Å². The molecule has 0 spiro atoms. The molecule has 0 unspecified atom stereocenters. The number of hydrogen-bond acceptors (Lipinski definition) is 4. The highest BCUT2D eigenvalue weighted by atomic mass is 16.4. The van der Waals surface area contributed by atoms with Crippen molar-refractivity contribution in [2.45, 2.75) is 0 Å². The Morgan fingerprint density at radius 2 is 2.05 bits per heavy atom. The maximum absolute atomic E-state index is 11.7. The number of nitrogens with zero attached hydrogens (tertiary/aromatic N) is 1. The fourth-order valence-corrected chi connectivity index (χ4v) is 1.39. The number of carbonyl (C=O) groups is 2. The van der Waals surface area contributed by atoms with Crippen LogP contribution in [0.3, 0.4) is 0 Å². The number of carboxylic acids is 1. The Morgan fingerprint density at radius 3 is 2.58 bits per heavy atom. The first-order chi connectivity index (χ1) is 8.95. The summed E-state index contributed by atoms with van der Waals surface area (Å²) < 4.78 is 0. The van der Waals surface area contributed by atoms with Crippen LogP contribution in [-0.2, 0) is 0 Å². The van der Waals surface area contributed by atoms with Crippen LogP contribution in [0, 0.1) is 0 Å². The van der Waals surface area contributed by atoms with Gasteiger partial charge in [-0.05, 0) is 19.2 Å². The Kier molecular flexibility index (Phi) is 5.13. The smallest absolute Gasteiger partial charge is 0.339 e. The van der Waals surface area contributed by atoms with Crippen molar-refractivity contribution in [1.82, 2.24) is 10.2 Å². The Balaban J connectivity index is 2.70. The van der Waals surface area contributed by atoms with Gasteiger partial charge < -0.3 is 25.7 Å². The highest BCUT2D eigenvalue weighted by Crippen LogP contribution is 2.22. The number of aromatic carboxylic acids is 1. The summed E-state index contributed by atoms with van der Waals surface area (Å²) in [5, 5.41) is 23.7. The monoisotopic (exact) mass is 267 g/mol. The van der Waals surface area contributed by atoms with Gasteiger partial charge in [0.25, 0.3) is 0 Å². The molecule has 0 saturated carbocycles. The van der Waals surface area contributed by atoms with Gasteiger partial charge in [0.2, 0.25) is 0 Å². The molecule has 0 saturated heterocycles. The van der Waals surface area contributed by atoms with Gasteiger partial charge in [0, 0.05) is 31.9 Å². The third-order valence-corrected chi connectivity index (χ3v) is 2.52. The van der Waals surface area contributed by atoms with Crippen molar-refractivity contribution in [3.63, 3.8) is 0 Å². The molecule has 104 valence electrons. The number of carbonyl (C=O) groups excluding carboxylic acids is 1. The number of hydrogen-bond donors (Lipinski definition) is 4. The van der Waals surface area contributed by atoms with Crippen molar-refractivity contribution >= 4 is 17.7 Å². The summed E-state index contributed by atoms with van der Waals surface area (Å²) in [7, 11) is 3.42. The lowest BCUT2D eigenvalue weighted by atomic mass is 10.2. The number of benzene rings is 1. The van der Waals surface area contributed by atoms with E-state index in [9.17, 15) is 14.7 Å². The molecule has 1 aromatic rings. The molecular formula is C12H17N3O4. The minimum Gasteiger partial charge on any atom is -0.507 e. The summed E-state index contributed by atoms with van der Waals surface area (Å²) in [6.45, 7) is 1.19. The summed E-state index contributed by atoms with van der Waals surface area (Å²) in [6.07, 6.45) is 0. The van der Waals surface area contributed by atoms with E-state index in [-0.39, 0.29) is 17.3 Å². The average molecular weight is 267 g/mol. The van der Waals surface area contributed by atoms with Gasteiger partial charge in [0.05, 0.1) is 0 Å². The average Bonchev–Trinajstić information content (AvgIpc) is 2.35. The van der Waals surface area contributed by atoms with Gasteiger partial charge in [0.15, 0.2) is 0 Å². The van der Waals surface area contributed by atoms with Crippen molar-refractivity contribution in [2.24, 2.45) is 0 Å². The summed E-state index contributed by atoms with van der Waals surface area (Å²) in [6, 6.07) is 3.53. The first kappa shape index (κ1) is 14.8. The minimum atomic E-state index is -1.22. The van der Waals surface area contributed by atoms with Crippen LogP contribution in [0.4, 0.5) is 10.5 Å². The Labute approximate surface area is 110 Å². The van der Waals surface area contributed by atoms with Gasteiger partial charge in [-0.25, -0.2) is 9.59 Å². The van der Waals surface area contributed by atoms with Gasteiger partial charge in [-0.2, -0.15) is 0 Å². The highest BCUT2D eigenvalue weighted by molar-refractivity contribution is 5.93. The number of aromatic hydroxyl groups is 1. The first-order valence-corrected chi connectivity index (χ1v) is 5.68. The van der Waals surface area contributed by atoms with Gasteiger partial charge in [-0.15, -0.1) is 0 Å². The Morgan fingerprint density at radius 1 is 1.37 bits per heavy atom. The van der Waals surface area contributed by atoms with Gasteiger partial charge >= 0.3 is 12.0 Å². The second-order valence-electron chi connectivity index (χ2n) is 3.99. The highest BCUT2D eigenvalue weighted by Gasteiger charge is 2.12.